The molecule has 3 N–H and O–H groups in total. The number of anilines is 2. The van der Waals surface area contributed by atoms with Crippen LogP contribution in [0, 0.1) is 5.92 Å². The number of ether oxygens (including phenoxy) is 1. The fourth-order valence-corrected chi connectivity index (χ4v) is 5.08. The summed E-state index contributed by atoms with van der Waals surface area (Å²) in [6, 6.07) is 3.39. The number of halogens is 4. The Hall–Kier alpha value is -3.42. The molecule has 2 saturated carbocycles. The highest BCUT2D eigenvalue weighted by Crippen LogP contribution is 2.39. The van der Waals surface area contributed by atoms with Gasteiger partial charge in [0.25, 0.3) is 0 Å². The molecular weight excluding hydrogens is 508 g/mol. The van der Waals surface area contributed by atoms with Crippen molar-refractivity contribution >= 4 is 23.5 Å². The molecule has 3 atom stereocenters. The molecule has 0 radical (unpaired) electrons. The largest absolute Gasteiger partial charge is 0.443 e. The molecule has 1 saturated heterocycles. The smallest absolute Gasteiger partial charge is 0.407 e. The first-order valence-electron chi connectivity index (χ1n) is 12.6. The van der Waals surface area contributed by atoms with Crippen LogP contribution in [0.15, 0.2) is 24.5 Å². The highest BCUT2D eigenvalue weighted by atomic mass is 19.4. The molecule has 3 aromatic rings. The molecule has 1 aliphatic heterocycles. The molecule has 0 aromatic carbocycles. The van der Waals surface area contributed by atoms with Crippen LogP contribution in [-0.2, 0) is 11.3 Å². The summed E-state index contributed by atoms with van der Waals surface area (Å²) in [5.41, 5.74) is 1.56. The van der Waals surface area contributed by atoms with Crippen molar-refractivity contribution in [2.45, 2.75) is 69.1 Å². The van der Waals surface area contributed by atoms with Crippen molar-refractivity contribution in [1.82, 2.24) is 34.8 Å². The van der Waals surface area contributed by atoms with Gasteiger partial charge in [-0.2, -0.15) is 18.3 Å². The number of imidazole rings is 1. The molecule has 14 heteroatoms. The first-order chi connectivity index (χ1) is 18.1. The number of alkyl carbamates (subject to hydrolysis) is 1. The van der Waals surface area contributed by atoms with E-state index in [0.29, 0.717) is 48.2 Å². The zero-order chi connectivity index (χ0) is 26.7. The molecule has 3 aliphatic rings. The average Bonchev–Trinajstić information content (AvgIpc) is 3.17. The zero-order valence-electron chi connectivity index (χ0n) is 20.6. The highest BCUT2D eigenvalue weighted by molar-refractivity contribution is 5.69. The second-order valence-corrected chi connectivity index (χ2v) is 10.8. The number of aromatic amines is 1. The maximum Gasteiger partial charge on any atom is 0.407 e. The van der Waals surface area contributed by atoms with Crippen LogP contribution < -0.4 is 10.6 Å². The molecule has 204 valence electrons. The van der Waals surface area contributed by atoms with Crippen LogP contribution in [0.25, 0.3) is 5.65 Å². The number of aromatic nitrogens is 5. The Morgan fingerprint density at radius 1 is 1.29 bits per heavy atom. The molecule has 3 aromatic heterocycles. The van der Waals surface area contributed by atoms with E-state index >= 15 is 4.39 Å². The number of hydrogen-bond donors (Lipinski definition) is 3. The fraction of sp³-hybridized carbons (Fsp3) is 0.583. The quantitative estimate of drug-likeness (QED) is 0.391. The lowest BCUT2D eigenvalue weighted by Crippen LogP contribution is -2.52. The van der Waals surface area contributed by atoms with Gasteiger partial charge in [0.2, 0.25) is 5.95 Å². The normalized spacial score (nSPS) is 25.3. The van der Waals surface area contributed by atoms with Gasteiger partial charge in [-0.3, -0.25) is 14.4 Å². The number of amides is 1. The van der Waals surface area contributed by atoms with Crippen molar-refractivity contribution in [3.63, 3.8) is 0 Å². The minimum Gasteiger partial charge on any atom is -0.443 e. The van der Waals surface area contributed by atoms with E-state index in [2.05, 4.69) is 30.8 Å². The summed E-state index contributed by atoms with van der Waals surface area (Å²) < 4.78 is 60.5. The predicted molar refractivity (Wildman–Crippen MR) is 128 cm³/mol. The Morgan fingerprint density at radius 2 is 2.08 bits per heavy atom. The molecule has 0 unspecified atom stereocenters. The molecule has 2 aliphatic carbocycles. The lowest BCUT2D eigenvalue weighted by molar-refractivity contribution is -0.210. The average molecular weight is 537 g/mol. The van der Waals surface area contributed by atoms with E-state index in [1.807, 2.05) is 6.92 Å². The number of H-pyrrole nitrogens is 1. The van der Waals surface area contributed by atoms with Crippen molar-refractivity contribution in [2.24, 2.45) is 5.92 Å². The lowest BCUT2D eigenvalue weighted by Gasteiger charge is -2.39. The van der Waals surface area contributed by atoms with Gasteiger partial charge in [-0.25, -0.2) is 19.2 Å². The molecule has 0 spiro atoms. The van der Waals surface area contributed by atoms with Crippen LogP contribution in [-0.4, -0.2) is 72.6 Å². The van der Waals surface area contributed by atoms with E-state index in [1.54, 1.807) is 33.8 Å². The highest BCUT2D eigenvalue weighted by Gasteiger charge is 2.47. The number of carbonyl (C=O) groups is 1. The maximum atomic E-state index is 15.2. The number of likely N-dealkylation sites (tertiary alicyclic amines) is 1. The molecule has 0 bridgehead atoms. The second-order valence-electron chi connectivity index (χ2n) is 10.8. The Labute approximate surface area is 215 Å². The molecule has 38 heavy (non-hydrogen) atoms. The maximum absolute atomic E-state index is 15.2. The van der Waals surface area contributed by atoms with E-state index < -0.39 is 36.4 Å². The van der Waals surface area contributed by atoms with Crippen LogP contribution >= 0.6 is 0 Å². The van der Waals surface area contributed by atoms with E-state index in [9.17, 15) is 18.0 Å². The number of alkyl halides is 4. The van der Waals surface area contributed by atoms with E-state index in [0.717, 1.165) is 12.8 Å². The van der Waals surface area contributed by atoms with Crippen LogP contribution in [0.3, 0.4) is 0 Å². The monoisotopic (exact) mass is 536 g/mol. The number of hydrogen-bond acceptors (Lipinski definition) is 7. The van der Waals surface area contributed by atoms with Gasteiger partial charge >= 0.3 is 12.3 Å². The summed E-state index contributed by atoms with van der Waals surface area (Å²) in [6.45, 7) is 2.16. The van der Waals surface area contributed by atoms with E-state index in [1.165, 1.54) is 0 Å². The Kier molecular flexibility index (Phi) is 5.96. The number of nitrogens with one attached hydrogen (secondary N) is 3. The van der Waals surface area contributed by atoms with Crippen LogP contribution in [0.5, 0.6) is 0 Å². The van der Waals surface area contributed by atoms with Gasteiger partial charge in [0.1, 0.15) is 17.9 Å². The van der Waals surface area contributed by atoms with Crippen molar-refractivity contribution in [1.29, 1.82) is 0 Å². The Morgan fingerprint density at radius 3 is 2.82 bits per heavy atom. The fourth-order valence-electron chi connectivity index (χ4n) is 5.08. The summed E-state index contributed by atoms with van der Waals surface area (Å²) in [7, 11) is 0. The van der Waals surface area contributed by atoms with Crippen molar-refractivity contribution < 1.29 is 27.1 Å². The predicted octanol–water partition coefficient (Wildman–Crippen LogP) is 4.05. The first-order valence-corrected chi connectivity index (χ1v) is 12.6. The Bertz CT molecular complexity index is 1330. The zero-order valence-corrected chi connectivity index (χ0v) is 20.6. The van der Waals surface area contributed by atoms with Gasteiger partial charge in [0, 0.05) is 55.2 Å². The molecule has 6 rings (SSSR count). The summed E-state index contributed by atoms with van der Waals surface area (Å²) in [5.74, 6) is -0.956. The van der Waals surface area contributed by atoms with Gasteiger partial charge in [0.15, 0.2) is 5.82 Å². The number of carbonyl (C=O) groups excluding carboxylic acids is 1. The SMILES string of the molecule is CC1(NC(=O)O[C@H]2CC[C@@H](c3cc(Nc4nccc5nc(CN6CC(C(F)(F)F)C6)cn45)n[nH]3)[C@@H]2F)CC1. The topological polar surface area (TPSA) is 112 Å². The van der Waals surface area contributed by atoms with Crippen molar-refractivity contribution in [3.8, 4) is 0 Å². The number of fused-ring (bicyclic) bond motifs is 1. The summed E-state index contributed by atoms with van der Waals surface area (Å²) in [4.78, 5) is 22.6. The minimum absolute atomic E-state index is 0.0382. The third-order valence-corrected chi connectivity index (χ3v) is 7.64. The Balaban J connectivity index is 1.08. The van der Waals surface area contributed by atoms with E-state index in [-0.39, 0.29) is 18.6 Å². The number of nitrogens with zero attached hydrogens (tertiary/aromatic N) is 5. The third kappa shape index (κ3) is 5.00. The third-order valence-electron chi connectivity index (χ3n) is 7.64. The van der Waals surface area contributed by atoms with Gasteiger partial charge in [-0.1, -0.05) is 0 Å². The second kappa shape index (κ2) is 9.10. The number of rotatable bonds is 7. The molecular formula is C24H28F4N8O2. The van der Waals surface area contributed by atoms with E-state index in [4.69, 9.17) is 4.74 Å². The van der Waals surface area contributed by atoms with Crippen LogP contribution in [0.2, 0.25) is 0 Å². The standard InChI is InChI=1S/C24H28F4N8O2/c1-23(5-6-23)32-22(37)38-17-3-2-15(20(17)25)16-8-18(34-33-16)31-21-29-7-4-19-30-14(12-36(19)21)11-35-9-13(10-35)24(26,27)28/h4,7-8,12-13,15,17,20H,2-3,5-6,9-11H2,1H3,(H,32,37)(H2,29,31,33,34)/t15-,17-,20-/m0/s1. The molecule has 3 fully saturated rings. The summed E-state index contributed by atoms with van der Waals surface area (Å²) >= 11 is 0. The van der Waals surface area contributed by atoms with Crippen LogP contribution in [0.4, 0.5) is 34.1 Å². The minimum atomic E-state index is -4.17. The molecule has 4 heterocycles. The summed E-state index contributed by atoms with van der Waals surface area (Å²) in [5, 5.41) is 13.0. The first kappa shape index (κ1) is 24.9. The molecule has 1 amide bonds. The lowest BCUT2D eigenvalue weighted by atomic mass is 10.00. The molecule has 10 nitrogen and oxygen atoms in total. The van der Waals surface area contributed by atoms with Gasteiger partial charge < -0.3 is 15.4 Å². The van der Waals surface area contributed by atoms with Crippen molar-refractivity contribution in [3.05, 3.63) is 35.9 Å². The summed E-state index contributed by atoms with van der Waals surface area (Å²) in [6.07, 6.45) is -0.951. The van der Waals surface area contributed by atoms with Crippen molar-refractivity contribution in [2.75, 3.05) is 18.4 Å². The van der Waals surface area contributed by atoms with Gasteiger partial charge in [0.05, 0.1) is 11.6 Å². The van der Waals surface area contributed by atoms with Crippen LogP contribution in [0.1, 0.15) is 49.9 Å². The van der Waals surface area contributed by atoms with Gasteiger partial charge in [-0.05, 0) is 38.7 Å². The van der Waals surface area contributed by atoms with Gasteiger partial charge in [-0.15, -0.1) is 0 Å².